The first kappa shape index (κ1) is 15.9. The second kappa shape index (κ2) is 6.98. The third-order valence-corrected chi connectivity index (χ3v) is 2.81. The van der Waals surface area contributed by atoms with Crippen LogP contribution in [0.3, 0.4) is 0 Å². The number of anilines is 1. The van der Waals surface area contributed by atoms with Crippen molar-refractivity contribution in [3.05, 3.63) is 59.7 Å². The van der Waals surface area contributed by atoms with Crippen LogP contribution in [0.15, 0.2) is 53.6 Å². The maximum Gasteiger partial charge on any atom is 0.416 e. The number of rotatable bonds is 5. The van der Waals surface area contributed by atoms with Gasteiger partial charge in [-0.3, -0.25) is 5.43 Å². The van der Waals surface area contributed by atoms with Gasteiger partial charge in [-0.1, -0.05) is 0 Å². The molecule has 6 heteroatoms. The van der Waals surface area contributed by atoms with E-state index in [1.165, 1.54) is 12.1 Å². The Labute approximate surface area is 126 Å². The van der Waals surface area contributed by atoms with Crippen LogP contribution in [0.1, 0.15) is 18.1 Å². The van der Waals surface area contributed by atoms with Gasteiger partial charge in [0, 0.05) is 0 Å². The lowest BCUT2D eigenvalue weighted by atomic mass is 10.2. The molecule has 0 atom stereocenters. The fourth-order valence-electron chi connectivity index (χ4n) is 1.73. The average Bonchev–Trinajstić information content (AvgIpc) is 2.49. The lowest BCUT2D eigenvalue weighted by Gasteiger charge is -2.07. The Kier molecular flexibility index (Phi) is 5.04. The standard InChI is InChI=1S/C16H15F3N2O/c1-2-22-15-9-3-12(4-10-15)11-20-21-14-7-5-13(6-8-14)16(17,18)19/h3-11,21H,2H2,1H3/b20-11+. The summed E-state index contributed by atoms with van der Waals surface area (Å²) in [6.07, 6.45) is -2.75. The van der Waals surface area contributed by atoms with Crippen LogP contribution in [-0.4, -0.2) is 12.8 Å². The SMILES string of the molecule is CCOc1ccc(/C=N/Nc2ccc(C(F)(F)F)cc2)cc1. The van der Waals surface area contributed by atoms with Crippen LogP contribution in [0.5, 0.6) is 5.75 Å². The summed E-state index contributed by atoms with van der Waals surface area (Å²) in [6.45, 7) is 2.51. The zero-order valence-electron chi connectivity index (χ0n) is 11.9. The molecule has 0 fully saturated rings. The van der Waals surface area contributed by atoms with Gasteiger partial charge in [-0.15, -0.1) is 0 Å². The molecule has 0 amide bonds. The minimum absolute atomic E-state index is 0.482. The van der Waals surface area contributed by atoms with Crippen molar-refractivity contribution in [3.8, 4) is 5.75 Å². The van der Waals surface area contributed by atoms with Gasteiger partial charge in [0.1, 0.15) is 5.75 Å². The predicted molar refractivity (Wildman–Crippen MR) is 80.3 cm³/mol. The predicted octanol–water partition coefficient (Wildman–Crippen LogP) is 4.55. The highest BCUT2D eigenvalue weighted by Gasteiger charge is 2.29. The second-order valence-electron chi connectivity index (χ2n) is 4.45. The van der Waals surface area contributed by atoms with Crippen molar-refractivity contribution in [2.75, 3.05) is 12.0 Å². The summed E-state index contributed by atoms with van der Waals surface area (Å²) >= 11 is 0. The molecular weight excluding hydrogens is 293 g/mol. The van der Waals surface area contributed by atoms with Crippen molar-refractivity contribution in [1.29, 1.82) is 0 Å². The lowest BCUT2D eigenvalue weighted by molar-refractivity contribution is -0.137. The molecule has 0 heterocycles. The Morgan fingerprint density at radius 1 is 1.05 bits per heavy atom. The van der Waals surface area contributed by atoms with Crippen LogP contribution in [0, 0.1) is 0 Å². The van der Waals surface area contributed by atoms with Gasteiger partial charge in [-0.2, -0.15) is 18.3 Å². The summed E-state index contributed by atoms with van der Waals surface area (Å²) in [6, 6.07) is 12.0. The van der Waals surface area contributed by atoms with Gasteiger partial charge < -0.3 is 4.74 Å². The van der Waals surface area contributed by atoms with Crippen LogP contribution in [0.25, 0.3) is 0 Å². The van der Waals surface area contributed by atoms with E-state index in [0.717, 1.165) is 23.4 Å². The number of hydrogen-bond donors (Lipinski definition) is 1. The normalized spacial score (nSPS) is 11.6. The van der Waals surface area contributed by atoms with Crippen LogP contribution < -0.4 is 10.2 Å². The summed E-state index contributed by atoms with van der Waals surface area (Å²) < 4.78 is 42.6. The number of hydrazone groups is 1. The number of alkyl halides is 3. The number of hydrogen-bond acceptors (Lipinski definition) is 3. The lowest BCUT2D eigenvalue weighted by Crippen LogP contribution is -2.04. The largest absolute Gasteiger partial charge is 0.494 e. The second-order valence-corrected chi connectivity index (χ2v) is 4.45. The van der Waals surface area contributed by atoms with E-state index < -0.39 is 11.7 Å². The van der Waals surface area contributed by atoms with E-state index in [2.05, 4.69) is 10.5 Å². The minimum Gasteiger partial charge on any atom is -0.494 e. The molecule has 2 aromatic rings. The molecule has 0 saturated carbocycles. The summed E-state index contributed by atoms with van der Waals surface area (Å²) in [7, 11) is 0. The van der Waals surface area contributed by atoms with Gasteiger partial charge in [0.25, 0.3) is 0 Å². The third-order valence-electron chi connectivity index (χ3n) is 2.81. The summed E-state index contributed by atoms with van der Waals surface area (Å²) in [4.78, 5) is 0. The summed E-state index contributed by atoms with van der Waals surface area (Å²) in [5.74, 6) is 0.773. The van der Waals surface area contributed by atoms with Gasteiger partial charge in [-0.25, -0.2) is 0 Å². The molecule has 2 rings (SSSR count). The maximum atomic E-state index is 12.4. The molecule has 0 saturated heterocycles. The van der Waals surface area contributed by atoms with E-state index >= 15 is 0 Å². The molecule has 3 nitrogen and oxygen atoms in total. The van der Waals surface area contributed by atoms with Crippen LogP contribution in [-0.2, 0) is 6.18 Å². The van der Waals surface area contributed by atoms with Crippen LogP contribution >= 0.6 is 0 Å². The van der Waals surface area contributed by atoms with Gasteiger partial charge >= 0.3 is 6.18 Å². The fraction of sp³-hybridized carbons (Fsp3) is 0.188. The quantitative estimate of drug-likeness (QED) is 0.649. The van der Waals surface area contributed by atoms with Crippen molar-refractivity contribution in [3.63, 3.8) is 0 Å². The van der Waals surface area contributed by atoms with Crippen LogP contribution in [0.4, 0.5) is 18.9 Å². The van der Waals surface area contributed by atoms with E-state index in [1.807, 2.05) is 31.2 Å². The first-order valence-corrected chi connectivity index (χ1v) is 6.68. The number of benzene rings is 2. The zero-order chi connectivity index (χ0) is 16.0. The van der Waals surface area contributed by atoms with Crippen molar-refractivity contribution in [2.24, 2.45) is 5.10 Å². The van der Waals surface area contributed by atoms with Crippen molar-refractivity contribution in [1.82, 2.24) is 0 Å². The Hall–Kier alpha value is -2.50. The first-order chi connectivity index (χ1) is 10.5. The molecule has 0 aromatic heterocycles. The minimum atomic E-state index is -4.33. The summed E-state index contributed by atoms with van der Waals surface area (Å²) in [5, 5.41) is 3.98. The highest BCUT2D eigenvalue weighted by molar-refractivity contribution is 5.80. The van der Waals surface area contributed by atoms with E-state index in [0.29, 0.717) is 12.3 Å². The molecule has 0 aliphatic carbocycles. The highest BCUT2D eigenvalue weighted by Crippen LogP contribution is 2.29. The molecule has 0 unspecified atom stereocenters. The molecule has 2 aromatic carbocycles. The van der Waals surface area contributed by atoms with Crippen molar-refractivity contribution < 1.29 is 17.9 Å². The van der Waals surface area contributed by atoms with E-state index in [9.17, 15) is 13.2 Å². The third kappa shape index (κ3) is 4.51. The monoisotopic (exact) mass is 308 g/mol. The molecule has 0 aliphatic rings. The first-order valence-electron chi connectivity index (χ1n) is 6.68. The molecule has 1 N–H and O–H groups in total. The van der Waals surface area contributed by atoms with E-state index in [-0.39, 0.29) is 0 Å². The molecule has 116 valence electrons. The molecule has 0 aliphatic heterocycles. The molecule has 0 radical (unpaired) electrons. The maximum absolute atomic E-state index is 12.4. The molecule has 22 heavy (non-hydrogen) atoms. The molecule has 0 spiro atoms. The van der Waals surface area contributed by atoms with Gasteiger partial charge in [0.2, 0.25) is 0 Å². The van der Waals surface area contributed by atoms with E-state index in [4.69, 9.17) is 4.74 Å². The average molecular weight is 308 g/mol. The Balaban J connectivity index is 1.94. The number of ether oxygens (including phenoxy) is 1. The van der Waals surface area contributed by atoms with Crippen molar-refractivity contribution in [2.45, 2.75) is 13.1 Å². The topological polar surface area (TPSA) is 33.6 Å². The van der Waals surface area contributed by atoms with Crippen molar-refractivity contribution >= 4 is 11.9 Å². The van der Waals surface area contributed by atoms with Crippen LogP contribution in [0.2, 0.25) is 0 Å². The van der Waals surface area contributed by atoms with Gasteiger partial charge in [-0.05, 0) is 61.0 Å². The molecular formula is C16H15F3N2O. The Morgan fingerprint density at radius 2 is 1.68 bits per heavy atom. The smallest absolute Gasteiger partial charge is 0.416 e. The molecule has 0 bridgehead atoms. The fourth-order valence-corrected chi connectivity index (χ4v) is 1.73. The zero-order valence-corrected chi connectivity index (χ0v) is 11.9. The Bertz CT molecular complexity index is 619. The number of nitrogens with one attached hydrogen (secondary N) is 1. The highest BCUT2D eigenvalue weighted by atomic mass is 19.4. The Morgan fingerprint density at radius 3 is 2.23 bits per heavy atom. The van der Waals surface area contributed by atoms with E-state index in [1.54, 1.807) is 6.21 Å². The number of halogens is 3. The summed E-state index contributed by atoms with van der Waals surface area (Å²) in [5.41, 5.74) is 3.33. The van der Waals surface area contributed by atoms with Gasteiger partial charge in [0.05, 0.1) is 24.1 Å². The number of nitrogens with zero attached hydrogens (tertiary/aromatic N) is 1. The van der Waals surface area contributed by atoms with Gasteiger partial charge in [0.15, 0.2) is 0 Å².